The summed E-state index contributed by atoms with van der Waals surface area (Å²) < 4.78 is 22.8. The molecule has 0 fully saturated rings. The van der Waals surface area contributed by atoms with Gasteiger partial charge in [-0.15, -0.1) is 0 Å². The number of carbonyl (C=O) groups excluding carboxylic acids is 1. The summed E-state index contributed by atoms with van der Waals surface area (Å²) in [6.45, 7) is 5.42. The van der Waals surface area contributed by atoms with Gasteiger partial charge in [0.2, 0.25) is 10.0 Å². The molecule has 3 N–H and O–H groups in total. The molecule has 1 aromatic rings. The second kappa shape index (κ2) is 5.90. The Balaban J connectivity index is 3.25. The van der Waals surface area contributed by atoms with Crippen LogP contribution in [0.15, 0.2) is 17.0 Å². The van der Waals surface area contributed by atoms with Crippen molar-refractivity contribution in [2.24, 2.45) is 5.14 Å². The maximum Gasteiger partial charge on any atom is 0.251 e. The van der Waals surface area contributed by atoms with Crippen molar-refractivity contribution in [3.8, 4) is 0 Å². The summed E-state index contributed by atoms with van der Waals surface area (Å²) in [6, 6.07) is 2.73. The summed E-state index contributed by atoms with van der Waals surface area (Å²) in [5.41, 5.74) is 0.716. The average molecular weight is 305 g/mol. The van der Waals surface area contributed by atoms with Crippen LogP contribution in [-0.4, -0.2) is 20.4 Å². The first kappa shape index (κ1) is 15.9. The number of benzene rings is 1. The van der Waals surface area contributed by atoms with Crippen LogP contribution in [0.3, 0.4) is 0 Å². The Morgan fingerprint density at radius 3 is 2.53 bits per heavy atom. The van der Waals surface area contributed by atoms with Gasteiger partial charge < -0.3 is 5.32 Å². The third-order valence-corrected chi connectivity index (χ3v) is 4.33. The number of carbonyl (C=O) groups is 1. The Kier molecular flexibility index (Phi) is 4.95. The van der Waals surface area contributed by atoms with E-state index >= 15 is 0 Å². The molecule has 1 atom stereocenters. The minimum Gasteiger partial charge on any atom is -0.350 e. The van der Waals surface area contributed by atoms with E-state index < -0.39 is 10.0 Å². The lowest BCUT2D eigenvalue weighted by molar-refractivity contribution is 0.0939. The second-order valence-electron chi connectivity index (χ2n) is 4.43. The Labute approximate surface area is 118 Å². The van der Waals surface area contributed by atoms with Gasteiger partial charge in [0, 0.05) is 11.6 Å². The molecule has 0 saturated heterocycles. The quantitative estimate of drug-likeness (QED) is 0.889. The average Bonchev–Trinajstić information content (AvgIpc) is 2.30. The highest BCUT2D eigenvalue weighted by Crippen LogP contribution is 2.25. The number of hydrogen-bond donors (Lipinski definition) is 2. The largest absolute Gasteiger partial charge is 0.350 e. The second-order valence-corrected chi connectivity index (χ2v) is 6.34. The summed E-state index contributed by atoms with van der Waals surface area (Å²) in [6.07, 6.45) is 0.778. The number of sulfonamides is 1. The van der Waals surface area contributed by atoms with Crippen molar-refractivity contribution in [1.82, 2.24) is 5.32 Å². The number of rotatable bonds is 4. The van der Waals surface area contributed by atoms with Crippen LogP contribution in [0.25, 0.3) is 0 Å². The van der Waals surface area contributed by atoms with Crippen molar-refractivity contribution in [2.45, 2.75) is 38.1 Å². The van der Waals surface area contributed by atoms with E-state index in [9.17, 15) is 13.2 Å². The molecule has 0 heterocycles. The SMILES string of the molecule is CCC(C)NC(=O)c1cc(C)c(Cl)c(S(N)(=O)=O)c1. The number of aryl methyl sites for hydroxylation is 1. The first-order valence-corrected chi connectivity index (χ1v) is 7.73. The molecule has 0 spiro atoms. The summed E-state index contributed by atoms with van der Waals surface area (Å²) in [5.74, 6) is -0.348. The van der Waals surface area contributed by atoms with Crippen LogP contribution >= 0.6 is 11.6 Å². The number of amides is 1. The van der Waals surface area contributed by atoms with Crippen LogP contribution in [0, 0.1) is 6.92 Å². The molecule has 1 amide bonds. The van der Waals surface area contributed by atoms with Crippen molar-refractivity contribution < 1.29 is 13.2 Å². The molecular formula is C12H17ClN2O3S. The van der Waals surface area contributed by atoms with E-state index in [2.05, 4.69) is 5.32 Å². The lowest BCUT2D eigenvalue weighted by Gasteiger charge is -2.13. The molecule has 0 aromatic heterocycles. The fourth-order valence-electron chi connectivity index (χ4n) is 1.48. The van der Waals surface area contributed by atoms with E-state index in [4.69, 9.17) is 16.7 Å². The van der Waals surface area contributed by atoms with Crippen LogP contribution in [0.5, 0.6) is 0 Å². The smallest absolute Gasteiger partial charge is 0.251 e. The zero-order valence-electron chi connectivity index (χ0n) is 11.0. The summed E-state index contributed by atoms with van der Waals surface area (Å²) in [5, 5.41) is 7.88. The minimum absolute atomic E-state index is 0.00131. The van der Waals surface area contributed by atoms with Crippen molar-refractivity contribution in [3.63, 3.8) is 0 Å². The van der Waals surface area contributed by atoms with Crippen LogP contribution in [0.2, 0.25) is 5.02 Å². The van der Waals surface area contributed by atoms with Gasteiger partial charge >= 0.3 is 0 Å². The molecule has 1 aromatic carbocycles. The van der Waals surface area contributed by atoms with E-state index in [-0.39, 0.29) is 27.4 Å². The van der Waals surface area contributed by atoms with E-state index in [1.165, 1.54) is 12.1 Å². The third kappa shape index (κ3) is 3.92. The first-order chi connectivity index (χ1) is 8.66. The topological polar surface area (TPSA) is 89.3 Å². The van der Waals surface area contributed by atoms with E-state index in [1.807, 2.05) is 13.8 Å². The molecule has 0 aliphatic rings. The maximum atomic E-state index is 12.0. The monoisotopic (exact) mass is 304 g/mol. The lowest BCUT2D eigenvalue weighted by atomic mass is 10.1. The predicted octanol–water partition coefficient (Wildman–Crippen LogP) is 1.82. The lowest BCUT2D eigenvalue weighted by Crippen LogP contribution is -2.32. The standard InChI is InChI=1S/C12H17ClN2O3S/c1-4-8(3)15-12(16)9-5-7(2)11(13)10(6-9)19(14,17)18/h5-6,8H,4H2,1-3H3,(H,15,16)(H2,14,17,18). The van der Waals surface area contributed by atoms with Gasteiger partial charge in [0.15, 0.2) is 0 Å². The fraction of sp³-hybridized carbons (Fsp3) is 0.417. The van der Waals surface area contributed by atoms with Gasteiger partial charge in [-0.1, -0.05) is 18.5 Å². The third-order valence-electron chi connectivity index (χ3n) is 2.78. The molecule has 106 valence electrons. The number of hydrogen-bond acceptors (Lipinski definition) is 3. The van der Waals surface area contributed by atoms with Gasteiger partial charge in [0.25, 0.3) is 5.91 Å². The fourth-order valence-corrected chi connectivity index (χ4v) is 2.62. The van der Waals surface area contributed by atoms with E-state index in [0.29, 0.717) is 5.56 Å². The van der Waals surface area contributed by atoms with E-state index in [0.717, 1.165) is 6.42 Å². The van der Waals surface area contributed by atoms with Gasteiger partial charge in [-0.05, 0) is 38.0 Å². The molecule has 0 saturated carbocycles. The van der Waals surface area contributed by atoms with Crippen molar-refractivity contribution >= 4 is 27.5 Å². The van der Waals surface area contributed by atoms with Crippen molar-refractivity contribution in [3.05, 3.63) is 28.3 Å². The molecule has 1 unspecified atom stereocenters. The zero-order valence-corrected chi connectivity index (χ0v) is 12.6. The van der Waals surface area contributed by atoms with E-state index in [1.54, 1.807) is 6.92 Å². The number of nitrogens with one attached hydrogen (secondary N) is 1. The van der Waals surface area contributed by atoms with Gasteiger partial charge in [-0.2, -0.15) is 0 Å². The highest BCUT2D eigenvalue weighted by atomic mass is 35.5. The summed E-state index contributed by atoms with van der Waals surface area (Å²) in [7, 11) is -3.96. The Hall–Kier alpha value is -1.11. The predicted molar refractivity (Wildman–Crippen MR) is 74.8 cm³/mol. The number of nitrogens with two attached hydrogens (primary N) is 1. The Bertz CT molecular complexity index is 599. The molecule has 7 heteroatoms. The van der Waals surface area contributed by atoms with Crippen molar-refractivity contribution in [1.29, 1.82) is 0 Å². The molecule has 19 heavy (non-hydrogen) atoms. The Morgan fingerprint density at radius 1 is 1.47 bits per heavy atom. The van der Waals surface area contributed by atoms with Gasteiger partial charge in [-0.3, -0.25) is 4.79 Å². The van der Waals surface area contributed by atoms with Gasteiger partial charge in [0.1, 0.15) is 4.90 Å². The minimum atomic E-state index is -3.96. The molecule has 1 rings (SSSR count). The van der Waals surface area contributed by atoms with Crippen molar-refractivity contribution in [2.75, 3.05) is 0 Å². The molecule has 0 radical (unpaired) electrons. The number of primary sulfonamides is 1. The van der Waals surface area contributed by atoms with Crippen LogP contribution in [0.4, 0.5) is 0 Å². The number of halogens is 1. The van der Waals surface area contributed by atoms with Crippen LogP contribution in [0.1, 0.15) is 36.2 Å². The first-order valence-electron chi connectivity index (χ1n) is 5.80. The highest BCUT2D eigenvalue weighted by Gasteiger charge is 2.19. The summed E-state index contributed by atoms with van der Waals surface area (Å²) >= 11 is 5.90. The molecule has 5 nitrogen and oxygen atoms in total. The molecule has 0 aliphatic heterocycles. The zero-order chi connectivity index (χ0) is 14.8. The maximum absolute atomic E-state index is 12.0. The van der Waals surface area contributed by atoms with Crippen LogP contribution < -0.4 is 10.5 Å². The molecule has 0 bridgehead atoms. The normalized spacial score (nSPS) is 13.1. The molecular weight excluding hydrogens is 288 g/mol. The molecule has 0 aliphatic carbocycles. The highest BCUT2D eigenvalue weighted by molar-refractivity contribution is 7.89. The Morgan fingerprint density at radius 2 is 2.05 bits per heavy atom. The van der Waals surface area contributed by atoms with Gasteiger partial charge in [0.05, 0.1) is 5.02 Å². The summed E-state index contributed by atoms with van der Waals surface area (Å²) in [4.78, 5) is 11.7. The van der Waals surface area contributed by atoms with Gasteiger partial charge in [-0.25, -0.2) is 13.6 Å². The van der Waals surface area contributed by atoms with Crippen LogP contribution in [-0.2, 0) is 10.0 Å².